The summed E-state index contributed by atoms with van der Waals surface area (Å²) >= 11 is 0. The van der Waals surface area contributed by atoms with Crippen LogP contribution in [0, 0.1) is 45.3 Å². The third-order valence-corrected chi connectivity index (χ3v) is 20.0. The van der Waals surface area contributed by atoms with E-state index in [-0.39, 0.29) is 47.7 Å². The molecule has 28 atom stereocenters. The third kappa shape index (κ3) is 10.5. The van der Waals surface area contributed by atoms with E-state index < -0.39 is 160 Å². The first-order chi connectivity index (χ1) is 34.9. The van der Waals surface area contributed by atoms with Crippen molar-refractivity contribution < 1.29 is 109 Å². The van der Waals surface area contributed by atoms with Gasteiger partial charge in [0.25, 0.3) is 0 Å². The standard InChI is InChI=1S/C52H88O22/c1-23(2)8-7-9-27(69-46-42(65)39(62)37(60)30(72-46)21-68-45-41(64)34(57)26(56)20-67-45)24-12-15-50(5)25(24)10-11-32-51(50,6)16-13-31-49(3,4)33(14-17-52(31,32)22-55)73-48-44(40(63)36(59)29(19-54)71-48)74-47-43(66)38(61)35(58)28(18-53)70-47/h8,24-48,53-66H,7,9-22H2,1-6H3/t24?,25?,26-,27?,28-,29-,30-,31?,32?,33?,34+,35-,36-,37-,38+,39-,40-,41-,42-,43-,44-,45-,46-,47+,48+,50?,51?,52?/m1/s1. The average molecular weight is 1070 g/mol. The molecule has 0 aromatic rings. The zero-order valence-corrected chi connectivity index (χ0v) is 43.6. The van der Waals surface area contributed by atoms with Crippen LogP contribution in [0.1, 0.15) is 106 Å². The lowest BCUT2D eigenvalue weighted by atomic mass is 9.35. The van der Waals surface area contributed by atoms with Gasteiger partial charge in [0.1, 0.15) is 91.6 Å². The highest BCUT2D eigenvalue weighted by Gasteiger charge is 2.71. The van der Waals surface area contributed by atoms with Crippen molar-refractivity contribution in [1.29, 1.82) is 0 Å². The van der Waals surface area contributed by atoms with Crippen LogP contribution >= 0.6 is 0 Å². The molecule has 0 aromatic carbocycles. The molecule has 74 heavy (non-hydrogen) atoms. The van der Waals surface area contributed by atoms with Gasteiger partial charge in [0.2, 0.25) is 0 Å². The molecule has 8 fully saturated rings. The third-order valence-electron chi connectivity index (χ3n) is 20.0. The Balaban J connectivity index is 0.992. The van der Waals surface area contributed by atoms with Crippen molar-refractivity contribution in [3.63, 3.8) is 0 Å². The summed E-state index contributed by atoms with van der Waals surface area (Å²) in [5.41, 5.74) is -0.446. The fraction of sp³-hybridized carbons (Fsp3) is 0.962. The molecule has 4 saturated carbocycles. The van der Waals surface area contributed by atoms with Crippen molar-refractivity contribution in [1.82, 2.24) is 0 Å². The van der Waals surface area contributed by atoms with Gasteiger partial charge < -0.3 is 109 Å². The predicted molar refractivity (Wildman–Crippen MR) is 256 cm³/mol. The number of allylic oxidation sites excluding steroid dienone is 2. The summed E-state index contributed by atoms with van der Waals surface area (Å²) in [7, 11) is 0. The lowest BCUT2D eigenvalue weighted by molar-refractivity contribution is -0.379. The molecule has 0 radical (unpaired) electrons. The second kappa shape index (κ2) is 23.1. The van der Waals surface area contributed by atoms with Gasteiger partial charge in [-0.05, 0) is 118 Å². The van der Waals surface area contributed by atoms with Gasteiger partial charge in [-0.3, -0.25) is 0 Å². The Hall–Kier alpha value is -1.14. The van der Waals surface area contributed by atoms with E-state index in [2.05, 4.69) is 33.8 Å². The summed E-state index contributed by atoms with van der Waals surface area (Å²) in [4.78, 5) is 0. The Labute approximate surface area is 433 Å². The van der Waals surface area contributed by atoms with Crippen LogP contribution in [0.4, 0.5) is 0 Å². The van der Waals surface area contributed by atoms with Crippen LogP contribution in [0.25, 0.3) is 0 Å². The van der Waals surface area contributed by atoms with Crippen molar-refractivity contribution in [2.75, 3.05) is 33.0 Å². The van der Waals surface area contributed by atoms with Gasteiger partial charge in [0.05, 0.1) is 38.6 Å². The largest absolute Gasteiger partial charge is 0.396 e. The van der Waals surface area contributed by atoms with E-state index in [1.807, 2.05) is 13.8 Å². The Morgan fingerprint density at radius 3 is 1.82 bits per heavy atom. The predicted octanol–water partition coefficient (Wildman–Crippen LogP) is -1.95. The SMILES string of the molecule is CC(C)=CCCC(O[C@@H]1O[C@H](CO[C@H]2OC[C@@H](O)[C@H](O)[C@H]2O)[C@@H](O)[C@@H](O)[C@H]1O)C1CCC2(C)C1CCC1C3(CO)CCC(O[C@@H]4O[C@H](CO)[C@@H](O)[C@@H](O)[C@H]4O[C@@H]4O[C@H](CO)[C@@H](O)[C@H](O)[C@H]4O)C(C)(C)C3CCC12C. The smallest absolute Gasteiger partial charge is 0.187 e. The van der Waals surface area contributed by atoms with Gasteiger partial charge >= 0.3 is 0 Å². The minimum atomic E-state index is -1.81. The van der Waals surface area contributed by atoms with Crippen LogP contribution in [0.3, 0.4) is 0 Å². The number of fused-ring (bicyclic) bond motifs is 5. The first-order valence-electron chi connectivity index (χ1n) is 27.0. The van der Waals surface area contributed by atoms with Gasteiger partial charge in [-0.15, -0.1) is 0 Å². The van der Waals surface area contributed by atoms with E-state index in [0.29, 0.717) is 25.7 Å². The molecule has 0 spiro atoms. The average Bonchev–Trinajstić information content (AvgIpc) is 3.73. The van der Waals surface area contributed by atoms with Gasteiger partial charge in [0, 0.05) is 12.0 Å². The number of hydrogen-bond donors (Lipinski definition) is 14. The van der Waals surface area contributed by atoms with Crippen LogP contribution < -0.4 is 0 Å². The second-order valence-electron chi connectivity index (χ2n) is 24.4. The molecule has 9 unspecified atom stereocenters. The van der Waals surface area contributed by atoms with Crippen LogP contribution in [-0.4, -0.2) is 233 Å². The van der Waals surface area contributed by atoms with Crippen molar-refractivity contribution in [2.45, 2.75) is 235 Å². The zero-order valence-electron chi connectivity index (χ0n) is 43.6. The van der Waals surface area contributed by atoms with Crippen molar-refractivity contribution in [3.8, 4) is 0 Å². The van der Waals surface area contributed by atoms with Crippen molar-refractivity contribution >= 4 is 0 Å². The molecule has 14 N–H and O–H groups in total. The Bertz CT molecular complexity index is 1870. The normalized spacial score (nSPS) is 51.8. The molecular formula is C52H88O22. The maximum atomic E-state index is 11.8. The Morgan fingerprint density at radius 2 is 1.18 bits per heavy atom. The molecule has 4 saturated heterocycles. The summed E-state index contributed by atoms with van der Waals surface area (Å²) < 4.78 is 48.5. The fourth-order valence-corrected chi connectivity index (χ4v) is 15.6. The lowest BCUT2D eigenvalue weighted by Gasteiger charge is -2.70. The molecule has 4 aliphatic carbocycles. The highest BCUT2D eigenvalue weighted by atomic mass is 16.8. The fourth-order valence-electron chi connectivity index (χ4n) is 15.6. The first kappa shape index (κ1) is 59.0. The number of aliphatic hydroxyl groups is 14. The zero-order chi connectivity index (χ0) is 54.0. The maximum Gasteiger partial charge on any atom is 0.187 e. The summed E-state index contributed by atoms with van der Waals surface area (Å²) in [6.07, 6.45) is -20.6. The van der Waals surface area contributed by atoms with Crippen molar-refractivity contribution in [2.24, 2.45) is 45.3 Å². The molecule has 22 nitrogen and oxygen atoms in total. The number of hydrogen-bond acceptors (Lipinski definition) is 22. The van der Waals surface area contributed by atoms with E-state index in [1.165, 1.54) is 0 Å². The molecule has 0 aromatic heterocycles. The van der Waals surface area contributed by atoms with E-state index in [0.717, 1.165) is 44.1 Å². The minimum Gasteiger partial charge on any atom is -0.396 e. The monoisotopic (exact) mass is 1060 g/mol. The highest BCUT2D eigenvalue weighted by molar-refractivity contribution is 5.19. The molecule has 22 heteroatoms. The quantitative estimate of drug-likeness (QED) is 0.0590. The van der Waals surface area contributed by atoms with E-state index >= 15 is 0 Å². The maximum absolute atomic E-state index is 11.8. The topological polar surface area (TPSA) is 357 Å². The summed E-state index contributed by atoms with van der Waals surface area (Å²) in [6.45, 7) is 10.9. The summed E-state index contributed by atoms with van der Waals surface area (Å²) in [5.74, 6) is 0.239. The molecule has 8 rings (SSSR count). The Kier molecular flexibility index (Phi) is 18.5. The molecule has 0 amide bonds. The van der Waals surface area contributed by atoms with E-state index in [9.17, 15) is 71.5 Å². The molecule has 8 aliphatic rings. The molecule has 4 aliphatic heterocycles. The highest BCUT2D eigenvalue weighted by Crippen LogP contribution is 2.75. The van der Waals surface area contributed by atoms with Gasteiger partial charge in [0.15, 0.2) is 25.2 Å². The van der Waals surface area contributed by atoms with Crippen LogP contribution in [0.15, 0.2) is 11.6 Å². The van der Waals surface area contributed by atoms with E-state index in [1.54, 1.807) is 0 Å². The minimum absolute atomic E-state index is 0.0187. The number of ether oxygens (including phenoxy) is 8. The second-order valence-corrected chi connectivity index (χ2v) is 24.4. The lowest BCUT2D eigenvalue weighted by Crippen LogP contribution is -2.67. The first-order valence-corrected chi connectivity index (χ1v) is 27.0. The van der Waals surface area contributed by atoms with Gasteiger partial charge in [-0.2, -0.15) is 0 Å². The van der Waals surface area contributed by atoms with Gasteiger partial charge in [-0.1, -0.05) is 39.3 Å². The number of rotatable bonds is 16. The molecule has 0 bridgehead atoms. The van der Waals surface area contributed by atoms with Crippen molar-refractivity contribution in [3.05, 3.63) is 11.6 Å². The van der Waals surface area contributed by atoms with Crippen LogP contribution in [0.5, 0.6) is 0 Å². The molecular weight excluding hydrogens is 977 g/mol. The number of aliphatic hydroxyl groups excluding tert-OH is 14. The summed E-state index contributed by atoms with van der Waals surface area (Å²) in [6, 6.07) is 0. The molecule has 4 heterocycles. The van der Waals surface area contributed by atoms with Crippen LogP contribution in [0.2, 0.25) is 0 Å². The Morgan fingerprint density at radius 1 is 0.581 bits per heavy atom. The molecule has 428 valence electrons. The van der Waals surface area contributed by atoms with E-state index in [4.69, 9.17) is 37.9 Å². The van der Waals surface area contributed by atoms with Gasteiger partial charge in [-0.25, -0.2) is 0 Å². The summed E-state index contributed by atoms with van der Waals surface area (Å²) in [5, 5.41) is 150. The van der Waals surface area contributed by atoms with Crippen LogP contribution in [-0.2, 0) is 37.9 Å².